The number of anilines is 1. The predicted octanol–water partition coefficient (Wildman–Crippen LogP) is 3.61. The lowest BCUT2D eigenvalue weighted by molar-refractivity contribution is 0.834. The first-order valence-electron chi connectivity index (χ1n) is 7.57. The first kappa shape index (κ1) is 14.7. The number of aromatic nitrogens is 4. The Balaban J connectivity index is 1.39. The highest BCUT2D eigenvalue weighted by atomic mass is 32.2. The SMILES string of the molecule is CN(c1nc(CSc2ncn(-c3ccccc3)n2)cs1)C1CC1. The van der Waals surface area contributed by atoms with Crippen LogP contribution in [0.3, 0.4) is 0 Å². The second kappa shape index (κ2) is 6.33. The summed E-state index contributed by atoms with van der Waals surface area (Å²) in [6.45, 7) is 0. The number of benzene rings is 1. The van der Waals surface area contributed by atoms with Crippen LogP contribution >= 0.6 is 23.1 Å². The summed E-state index contributed by atoms with van der Waals surface area (Å²) >= 11 is 3.34. The number of rotatable bonds is 6. The minimum absolute atomic E-state index is 0.699. The number of hydrogen-bond acceptors (Lipinski definition) is 6. The fraction of sp³-hybridized carbons (Fsp3) is 0.312. The molecule has 0 radical (unpaired) electrons. The number of para-hydroxylation sites is 1. The van der Waals surface area contributed by atoms with Gasteiger partial charge in [0, 0.05) is 24.2 Å². The summed E-state index contributed by atoms with van der Waals surface area (Å²) in [6, 6.07) is 10.7. The predicted molar refractivity (Wildman–Crippen MR) is 94.5 cm³/mol. The Morgan fingerprint density at radius 3 is 2.91 bits per heavy atom. The summed E-state index contributed by atoms with van der Waals surface area (Å²) in [5.41, 5.74) is 2.12. The summed E-state index contributed by atoms with van der Waals surface area (Å²) in [5, 5.41) is 8.54. The fourth-order valence-electron chi connectivity index (χ4n) is 2.30. The van der Waals surface area contributed by atoms with E-state index in [1.54, 1.807) is 34.1 Å². The van der Waals surface area contributed by atoms with Gasteiger partial charge in [-0.1, -0.05) is 30.0 Å². The van der Waals surface area contributed by atoms with Crippen LogP contribution in [0.15, 0.2) is 47.2 Å². The van der Waals surface area contributed by atoms with E-state index in [1.165, 1.54) is 12.8 Å². The first-order valence-corrected chi connectivity index (χ1v) is 9.43. The summed E-state index contributed by atoms with van der Waals surface area (Å²) in [7, 11) is 2.14. The summed E-state index contributed by atoms with van der Waals surface area (Å²) < 4.78 is 1.80. The maximum atomic E-state index is 4.71. The van der Waals surface area contributed by atoms with Crippen LogP contribution in [0.2, 0.25) is 0 Å². The largest absolute Gasteiger partial charge is 0.348 e. The van der Waals surface area contributed by atoms with Crippen molar-refractivity contribution in [2.75, 3.05) is 11.9 Å². The van der Waals surface area contributed by atoms with Crippen molar-refractivity contribution in [1.82, 2.24) is 19.7 Å². The van der Waals surface area contributed by atoms with Gasteiger partial charge in [0.2, 0.25) is 5.16 Å². The molecule has 5 nitrogen and oxygen atoms in total. The minimum atomic E-state index is 0.699. The van der Waals surface area contributed by atoms with E-state index >= 15 is 0 Å². The van der Waals surface area contributed by atoms with Gasteiger partial charge in [0.05, 0.1) is 11.4 Å². The summed E-state index contributed by atoms with van der Waals surface area (Å²) in [5.74, 6) is 0.799. The molecule has 1 saturated carbocycles. The Bertz CT molecular complexity index is 779. The molecule has 7 heteroatoms. The van der Waals surface area contributed by atoms with Gasteiger partial charge in [0.15, 0.2) is 5.13 Å². The molecule has 1 fully saturated rings. The van der Waals surface area contributed by atoms with Crippen molar-refractivity contribution in [3.8, 4) is 5.69 Å². The summed E-state index contributed by atoms with van der Waals surface area (Å²) in [4.78, 5) is 11.4. The van der Waals surface area contributed by atoms with Gasteiger partial charge in [0.1, 0.15) is 6.33 Å². The molecule has 0 atom stereocenters. The van der Waals surface area contributed by atoms with E-state index in [9.17, 15) is 0 Å². The third kappa shape index (κ3) is 3.40. The lowest BCUT2D eigenvalue weighted by Crippen LogP contribution is -2.18. The van der Waals surface area contributed by atoms with Crippen molar-refractivity contribution in [3.63, 3.8) is 0 Å². The van der Waals surface area contributed by atoms with Crippen LogP contribution in [0.25, 0.3) is 5.69 Å². The van der Waals surface area contributed by atoms with Crippen LogP contribution < -0.4 is 4.90 Å². The van der Waals surface area contributed by atoms with Crippen molar-refractivity contribution < 1.29 is 0 Å². The van der Waals surface area contributed by atoms with Gasteiger partial charge in [-0.2, -0.15) is 0 Å². The van der Waals surface area contributed by atoms with Gasteiger partial charge < -0.3 is 4.90 Å². The highest BCUT2D eigenvalue weighted by molar-refractivity contribution is 7.98. The Morgan fingerprint density at radius 2 is 2.13 bits per heavy atom. The van der Waals surface area contributed by atoms with Gasteiger partial charge in [-0.05, 0) is 25.0 Å². The smallest absolute Gasteiger partial charge is 0.209 e. The number of thioether (sulfide) groups is 1. The van der Waals surface area contributed by atoms with E-state index in [0.29, 0.717) is 6.04 Å². The van der Waals surface area contributed by atoms with Crippen molar-refractivity contribution in [2.24, 2.45) is 0 Å². The molecule has 0 N–H and O–H groups in total. The molecule has 118 valence electrons. The van der Waals surface area contributed by atoms with Crippen LogP contribution in [-0.2, 0) is 5.75 Å². The summed E-state index contributed by atoms with van der Waals surface area (Å²) in [6.07, 6.45) is 4.34. The van der Waals surface area contributed by atoms with E-state index in [2.05, 4.69) is 27.4 Å². The molecular formula is C16H17N5S2. The molecule has 2 aromatic heterocycles. The lowest BCUT2D eigenvalue weighted by Gasteiger charge is -2.13. The molecule has 0 aliphatic heterocycles. The zero-order valence-corrected chi connectivity index (χ0v) is 14.4. The molecular weight excluding hydrogens is 326 g/mol. The number of hydrogen-bond donors (Lipinski definition) is 0. The average molecular weight is 343 g/mol. The third-order valence-corrected chi connectivity index (χ3v) is 5.64. The molecule has 23 heavy (non-hydrogen) atoms. The monoisotopic (exact) mass is 343 g/mol. The Kier molecular flexibility index (Phi) is 4.05. The maximum absolute atomic E-state index is 4.71. The van der Waals surface area contributed by atoms with E-state index in [-0.39, 0.29) is 0 Å². The first-order chi connectivity index (χ1) is 11.3. The normalized spacial score (nSPS) is 14.1. The van der Waals surface area contributed by atoms with Crippen LogP contribution in [0.1, 0.15) is 18.5 Å². The van der Waals surface area contributed by atoms with E-state index in [0.717, 1.165) is 27.4 Å². The fourth-order valence-corrected chi connectivity index (χ4v) is 3.96. The van der Waals surface area contributed by atoms with Gasteiger partial charge >= 0.3 is 0 Å². The molecule has 0 bridgehead atoms. The number of nitrogens with zero attached hydrogens (tertiary/aromatic N) is 5. The number of thiazole rings is 1. The van der Waals surface area contributed by atoms with Crippen molar-refractivity contribution in [3.05, 3.63) is 47.7 Å². The van der Waals surface area contributed by atoms with Crippen molar-refractivity contribution in [1.29, 1.82) is 0 Å². The topological polar surface area (TPSA) is 46.8 Å². The molecule has 1 aliphatic rings. The highest BCUT2D eigenvalue weighted by Crippen LogP contribution is 2.32. The second-order valence-electron chi connectivity index (χ2n) is 5.56. The molecule has 2 heterocycles. The second-order valence-corrected chi connectivity index (χ2v) is 7.34. The highest BCUT2D eigenvalue weighted by Gasteiger charge is 2.27. The lowest BCUT2D eigenvalue weighted by atomic mass is 10.3. The van der Waals surface area contributed by atoms with Gasteiger partial charge in [0.25, 0.3) is 0 Å². The standard InChI is InChI=1S/C16H17N5S2/c1-20(13-7-8-13)16-18-12(10-23-16)9-22-15-17-11-21(19-15)14-5-3-2-4-6-14/h2-6,10-11,13H,7-9H2,1H3. The van der Waals surface area contributed by atoms with Crippen LogP contribution in [0, 0.1) is 0 Å². The third-order valence-electron chi connectivity index (χ3n) is 3.78. The van der Waals surface area contributed by atoms with Gasteiger partial charge in [-0.3, -0.25) is 0 Å². The quantitative estimate of drug-likeness (QED) is 0.640. The Labute approximate surface area is 143 Å². The molecule has 1 aromatic carbocycles. The van der Waals surface area contributed by atoms with E-state index in [1.807, 2.05) is 30.3 Å². The van der Waals surface area contributed by atoms with E-state index in [4.69, 9.17) is 4.98 Å². The molecule has 1 aliphatic carbocycles. The zero-order valence-electron chi connectivity index (χ0n) is 12.8. The maximum Gasteiger partial charge on any atom is 0.209 e. The Hall–Kier alpha value is -1.86. The van der Waals surface area contributed by atoms with Gasteiger partial charge in [-0.25, -0.2) is 14.6 Å². The van der Waals surface area contributed by atoms with Crippen LogP contribution in [0.5, 0.6) is 0 Å². The molecule has 0 spiro atoms. The zero-order chi connectivity index (χ0) is 15.6. The van der Waals surface area contributed by atoms with Crippen molar-refractivity contribution in [2.45, 2.75) is 29.8 Å². The van der Waals surface area contributed by atoms with Gasteiger partial charge in [-0.15, -0.1) is 16.4 Å². The molecule has 3 aromatic rings. The van der Waals surface area contributed by atoms with Crippen molar-refractivity contribution >= 4 is 28.2 Å². The molecule has 0 saturated heterocycles. The minimum Gasteiger partial charge on any atom is -0.348 e. The molecule has 0 unspecified atom stereocenters. The molecule has 4 rings (SSSR count). The van der Waals surface area contributed by atoms with Crippen LogP contribution in [0.4, 0.5) is 5.13 Å². The average Bonchev–Trinajstić information content (AvgIpc) is 3.15. The molecule has 0 amide bonds. The Morgan fingerprint density at radius 1 is 1.30 bits per heavy atom. The van der Waals surface area contributed by atoms with E-state index < -0.39 is 0 Å². The van der Waals surface area contributed by atoms with Crippen LogP contribution in [-0.4, -0.2) is 32.8 Å².